The minimum atomic E-state index is -0.550. The van der Waals surface area contributed by atoms with E-state index in [4.69, 9.17) is 10.7 Å². The van der Waals surface area contributed by atoms with E-state index < -0.39 is 5.54 Å². The summed E-state index contributed by atoms with van der Waals surface area (Å²) >= 11 is 0. The maximum Gasteiger partial charge on any atom is 0.0556 e. The smallest absolute Gasteiger partial charge is 0.0556 e. The van der Waals surface area contributed by atoms with Crippen LogP contribution in [0.1, 0.15) is 40.5 Å². The molecule has 134 valence electrons. The first-order valence-electron chi connectivity index (χ1n) is 7.63. The van der Waals surface area contributed by atoms with Crippen molar-refractivity contribution in [2.75, 3.05) is 40.3 Å². The molecule has 2 N–H and O–H groups in total. The lowest BCUT2D eigenvalue weighted by atomic mass is 10.0. The van der Waals surface area contributed by atoms with E-state index in [0.29, 0.717) is 13.0 Å². The number of nitrogens with one attached hydrogen (secondary N) is 2. The Kier molecular flexibility index (Phi) is 9.60. The molecule has 0 fully saturated rings. The lowest BCUT2D eigenvalue weighted by Crippen LogP contribution is -2.42. The molecule has 0 bridgehead atoms. The van der Waals surface area contributed by atoms with Crippen LogP contribution in [0.2, 0.25) is 0 Å². The summed E-state index contributed by atoms with van der Waals surface area (Å²) in [6, 6.07) is 0. The van der Waals surface area contributed by atoms with Crippen molar-refractivity contribution in [3.05, 3.63) is 16.3 Å². The zero-order valence-corrected chi connectivity index (χ0v) is 14.8. The molecule has 0 aromatic heterocycles. The maximum absolute atomic E-state index is 11.8. The van der Waals surface area contributed by atoms with Gasteiger partial charge in [0.15, 0.2) is 0 Å². The quantitative estimate of drug-likeness (QED) is 0.549. The summed E-state index contributed by atoms with van der Waals surface area (Å²) in [6.07, 6.45) is 1.21. The fourth-order valence-corrected chi connectivity index (χ4v) is 1.72. The molecule has 0 saturated heterocycles. The van der Waals surface area contributed by atoms with Crippen LogP contribution in [0.15, 0.2) is 0 Å². The maximum atomic E-state index is 11.8. The van der Waals surface area contributed by atoms with Crippen molar-refractivity contribution in [1.29, 1.82) is 0 Å². The van der Waals surface area contributed by atoms with E-state index in [-0.39, 0.29) is 25.2 Å². The first-order chi connectivity index (χ1) is 10.0. The van der Waals surface area contributed by atoms with Gasteiger partial charge in [0.25, 0.3) is 0 Å². The molecule has 0 rings (SSSR count). The van der Waals surface area contributed by atoms with E-state index >= 15 is 0 Å². The molecule has 0 spiro atoms. The van der Waals surface area contributed by atoms with E-state index in [1.165, 1.54) is 7.11 Å². The normalized spacial score (nSPS) is 13.6. The predicted molar refractivity (Wildman–Crippen MR) is 89.5 cm³/mol. The Balaban J connectivity index is 3.96. The van der Waals surface area contributed by atoms with Crippen molar-refractivity contribution in [3.8, 4) is 0 Å². The third-order valence-corrected chi connectivity index (χ3v) is 3.97. The monoisotopic (exact) mass is 318 g/mol. The van der Waals surface area contributed by atoms with E-state index in [1.54, 1.807) is 0 Å². The molecular weight excluding hydrogens is 286 g/mol. The summed E-state index contributed by atoms with van der Waals surface area (Å²) in [5.41, 5.74) is -0.632. The summed E-state index contributed by atoms with van der Waals surface area (Å²) in [5, 5.41) is 29.4. The zero-order valence-electron chi connectivity index (χ0n) is 14.8. The van der Waals surface area contributed by atoms with Crippen LogP contribution in [0, 0.1) is 10.4 Å². The van der Waals surface area contributed by atoms with Gasteiger partial charge in [0.05, 0.1) is 7.11 Å². The second-order valence-electron chi connectivity index (χ2n) is 6.78. The molecule has 0 aliphatic carbocycles. The highest BCUT2D eigenvalue weighted by Crippen LogP contribution is 2.18. The fraction of sp³-hybridized carbons (Fsp3) is 1.00. The van der Waals surface area contributed by atoms with Gasteiger partial charge >= 0.3 is 0 Å². The van der Waals surface area contributed by atoms with Gasteiger partial charge in [0.2, 0.25) is 0 Å². The van der Waals surface area contributed by atoms with Crippen molar-refractivity contribution in [1.82, 2.24) is 20.6 Å². The van der Waals surface area contributed by atoms with Gasteiger partial charge in [-0.05, 0) is 73.8 Å². The number of hydrogen-bond acceptors (Lipinski definition) is 7. The molecule has 0 aromatic carbocycles. The van der Waals surface area contributed by atoms with Crippen molar-refractivity contribution in [2.24, 2.45) is 0 Å². The third-order valence-electron chi connectivity index (χ3n) is 3.97. The zero-order chi connectivity index (χ0) is 17.4. The van der Waals surface area contributed by atoms with Crippen LogP contribution in [0.5, 0.6) is 0 Å². The Morgan fingerprint density at radius 3 is 1.82 bits per heavy atom. The molecule has 8 heteroatoms. The van der Waals surface area contributed by atoms with Crippen LogP contribution >= 0.6 is 0 Å². The number of hydrogen-bond donors (Lipinski definition) is 1. The van der Waals surface area contributed by atoms with Gasteiger partial charge in [0, 0.05) is 11.1 Å². The van der Waals surface area contributed by atoms with Gasteiger partial charge in [-0.2, -0.15) is 0 Å². The Hall–Kier alpha value is -0.320. The minimum absolute atomic E-state index is 0.0818. The molecule has 22 heavy (non-hydrogen) atoms. The van der Waals surface area contributed by atoms with Gasteiger partial charge < -0.3 is 36.5 Å². The molecule has 8 nitrogen and oxygen atoms in total. The Morgan fingerprint density at radius 2 is 1.41 bits per heavy atom. The van der Waals surface area contributed by atoms with Crippen molar-refractivity contribution >= 4 is 0 Å². The van der Waals surface area contributed by atoms with Crippen molar-refractivity contribution in [2.45, 2.75) is 51.6 Å². The van der Waals surface area contributed by atoms with Crippen molar-refractivity contribution < 1.29 is 4.84 Å². The average molecular weight is 318 g/mol. The number of hydroxylamine groups is 5. The Morgan fingerprint density at radius 1 is 0.955 bits per heavy atom. The van der Waals surface area contributed by atoms with Crippen LogP contribution in [-0.2, 0) is 4.84 Å². The van der Waals surface area contributed by atoms with Gasteiger partial charge in [-0.1, -0.05) is 0 Å². The fourth-order valence-electron chi connectivity index (χ4n) is 1.72. The highest BCUT2D eigenvalue weighted by molar-refractivity contribution is 4.80. The SMILES string of the molecule is CNC(C)(C)CCN([O-])CCN([O-])CCC(C)(C)N([NH-])OC. The second-order valence-corrected chi connectivity index (χ2v) is 6.78. The topological polar surface area (TPSA) is 101 Å². The summed E-state index contributed by atoms with van der Waals surface area (Å²) < 4.78 is 0. The molecule has 0 atom stereocenters. The van der Waals surface area contributed by atoms with E-state index in [2.05, 4.69) is 5.32 Å². The molecule has 0 unspecified atom stereocenters. The van der Waals surface area contributed by atoms with Gasteiger partial charge in [0.1, 0.15) is 0 Å². The Labute approximate surface area is 134 Å². The third kappa shape index (κ3) is 8.96. The highest BCUT2D eigenvalue weighted by Gasteiger charge is 2.19. The van der Waals surface area contributed by atoms with Crippen LogP contribution in [-0.4, -0.2) is 66.7 Å². The summed E-state index contributed by atoms with van der Waals surface area (Å²) in [4.78, 5) is 4.84. The first-order valence-corrected chi connectivity index (χ1v) is 7.63. The summed E-state index contributed by atoms with van der Waals surface area (Å²) in [7, 11) is 3.29. The molecule has 0 aromatic rings. The summed E-state index contributed by atoms with van der Waals surface area (Å²) in [6.45, 7) is 8.76. The predicted octanol–water partition coefficient (Wildman–Crippen LogP) is 1.97. The Bertz CT molecular complexity index is 302. The molecule has 0 saturated carbocycles. The standard InChI is InChI=1S/C14H32N5O3/c1-13(2,16-5)7-9-17(20)11-12-18(21)10-8-14(3,4)19(15)22-6/h15-16H,7-12H2,1-6H3/q-3. The van der Waals surface area contributed by atoms with Crippen LogP contribution in [0.3, 0.4) is 0 Å². The van der Waals surface area contributed by atoms with Gasteiger partial charge in [-0.25, -0.2) is 0 Å². The number of nitrogens with zero attached hydrogens (tertiary/aromatic N) is 3. The lowest BCUT2D eigenvalue weighted by Gasteiger charge is -2.43. The first kappa shape index (κ1) is 21.7. The van der Waals surface area contributed by atoms with E-state index in [9.17, 15) is 10.4 Å². The average Bonchev–Trinajstić information content (AvgIpc) is 2.48. The van der Waals surface area contributed by atoms with Crippen LogP contribution in [0.25, 0.3) is 5.84 Å². The van der Waals surface area contributed by atoms with Gasteiger partial charge in [-0.3, -0.25) is 5.17 Å². The molecule has 0 aliphatic heterocycles. The van der Waals surface area contributed by atoms with Crippen molar-refractivity contribution in [3.63, 3.8) is 0 Å². The van der Waals surface area contributed by atoms with Crippen LogP contribution < -0.4 is 5.32 Å². The molecule has 0 aliphatic rings. The number of rotatable bonds is 12. The molecule has 0 heterocycles. The van der Waals surface area contributed by atoms with Crippen LogP contribution in [0.4, 0.5) is 0 Å². The highest BCUT2D eigenvalue weighted by atomic mass is 16.7. The van der Waals surface area contributed by atoms with E-state index in [1.807, 2.05) is 34.7 Å². The molecule has 0 amide bonds. The lowest BCUT2D eigenvalue weighted by molar-refractivity contribution is -0.155. The second kappa shape index (κ2) is 9.74. The minimum Gasteiger partial charge on any atom is -0.785 e. The summed E-state index contributed by atoms with van der Waals surface area (Å²) in [5.74, 6) is 7.60. The molecular formula is C14H32N5O3-3. The largest absolute Gasteiger partial charge is 0.785 e. The van der Waals surface area contributed by atoms with E-state index in [0.717, 1.165) is 21.7 Å². The molecule has 0 radical (unpaired) electrons. The van der Waals surface area contributed by atoms with Gasteiger partial charge in [-0.15, -0.1) is 0 Å².